The molecular formula is C24H26N2O4S. The second-order valence-corrected chi connectivity index (χ2v) is 9.16. The number of likely N-dealkylation sites (N-methyl/N-ethyl adjacent to an activating group) is 1. The van der Waals surface area contributed by atoms with E-state index in [0.717, 1.165) is 11.1 Å². The van der Waals surface area contributed by atoms with Crippen LogP contribution in [0.1, 0.15) is 11.1 Å². The number of hydrogen-bond donors (Lipinski definition) is 0. The number of amides is 1. The first-order valence-electron chi connectivity index (χ1n) is 9.82. The van der Waals surface area contributed by atoms with Gasteiger partial charge in [0.15, 0.2) is 0 Å². The Kier molecular flexibility index (Phi) is 7.09. The molecule has 0 atom stereocenters. The van der Waals surface area contributed by atoms with Crippen LogP contribution in [0.2, 0.25) is 0 Å². The Hall–Kier alpha value is -3.16. The van der Waals surface area contributed by atoms with Crippen molar-refractivity contribution in [2.45, 2.75) is 18.4 Å². The van der Waals surface area contributed by atoms with Crippen molar-refractivity contribution in [1.29, 1.82) is 0 Å². The van der Waals surface area contributed by atoms with E-state index in [9.17, 15) is 13.2 Å². The molecule has 162 valence electrons. The van der Waals surface area contributed by atoms with Crippen molar-refractivity contribution in [3.8, 4) is 5.75 Å². The Morgan fingerprint density at radius 1 is 0.935 bits per heavy atom. The number of ether oxygens (including phenoxy) is 1. The normalized spacial score (nSPS) is 11.4. The Bertz CT molecular complexity index is 1130. The first-order chi connectivity index (χ1) is 14.8. The molecule has 31 heavy (non-hydrogen) atoms. The highest BCUT2D eigenvalue weighted by atomic mass is 32.2. The summed E-state index contributed by atoms with van der Waals surface area (Å²) in [5.41, 5.74) is 2.38. The fraction of sp³-hybridized carbons (Fsp3) is 0.208. The fourth-order valence-electron chi connectivity index (χ4n) is 3.09. The minimum atomic E-state index is -3.88. The molecule has 0 aromatic heterocycles. The van der Waals surface area contributed by atoms with Gasteiger partial charge in [-0.2, -0.15) is 4.31 Å². The smallest absolute Gasteiger partial charge is 0.243 e. The van der Waals surface area contributed by atoms with E-state index in [1.165, 1.54) is 9.21 Å². The first kappa shape index (κ1) is 22.5. The molecule has 3 aromatic carbocycles. The zero-order chi connectivity index (χ0) is 22.4. The molecule has 0 saturated heterocycles. The highest BCUT2D eigenvalue weighted by Crippen LogP contribution is 2.22. The van der Waals surface area contributed by atoms with E-state index >= 15 is 0 Å². The highest BCUT2D eigenvalue weighted by molar-refractivity contribution is 7.89. The van der Waals surface area contributed by atoms with Crippen molar-refractivity contribution >= 4 is 21.6 Å². The third-order valence-electron chi connectivity index (χ3n) is 4.99. The number of sulfonamides is 1. The van der Waals surface area contributed by atoms with Crippen LogP contribution in [0.3, 0.4) is 0 Å². The van der Waals surface area contributed by atoms with Gasteiger partial charge in [-0.1, -0.05) is 54.1 Å². The maximum atomic E-state index is 13.4. The number of carbonyl (C=O) groups excluding carboxylic acids is 1. The quantitative estimate of drug-likeness (QED) is 0.536. The first-order valence-corrected chi connectivity index (χ1v) is 11.3. The van der Waals surface area contributed by atoms with Gasteiger partial charge in [0.25, 0.3) is 0 Å². The Labute approximate surface area is 183 Å². The molecule has 0 aliphatic heterocycles. The average molecular weight is 439 g/mol. The second-order valence-electron chi connectivity index (χ2n) is 7.23. The van der Waals surface area contributed by atoms with Gasteiger partial charge in [-0.15, -0.1) is 0 Å². The van der Waals surface area contributed by atoms with Crippen LogP contribution in [0.5, 0.6) is 5.75 Å². The summed E-state index contributed by atoms with van der Waals surface area (Å²) in [5.74, 6) is 0.269. The minimum Gasteiger partial charge on any atom is -0.497 e. The molecule has 0 bridgehead atoms. The summed E-state index contributed by atoms with van der Waals surface area (Å²) in [5, 5.41) is 0. The van der Waals surface area contributed by atoms with E-state index in [4.69, 9.17) is 4.74 Å². The van der Waals surface area contributed by atoms with Crippen LogP contribution in [0.4, 0.5) is 5.69 Å². The molecule has 3 rings (SSSR count). The third kappa shape index (κ3) is 5.51. The van der Waals surface area contributed by atoms with Gasteiger partial charge in [0.2, 0.25) is 15.9 Å². The van der Waals surface area contributed by atoms with Gasteiger partial charge in [-0.25, -0.2) is 8.42 Å². The van der Waals surface area contributed by atoms with Crippen molar-refractivity contribution in [2.75, 3.05) is 25.6 Å². The average Bonchev–Trinajstić information content (AvgIpc) is 2.79. The fourth-order valence-corrected chi connectivity index (χ4v) is 4.47. The van der Waals surface area contributed by atoms with Crippen LogP contribution >= 0.6 is 0 Å². The predicted molar refractivity (Wildman–Crippen MR) is 122 cm³/mol. The Balaban J connectivity index is 1.90. The summed E-state index contributed by atoms with van der Waals surface area (Å²) in [6.07, 6.45) is 0. The largest absolute Gasteiger partial charge is 0.497 e. The van der Waals surface area contributed by atoms with Crippen LogP contribution in [0, 0.1) is 6.92 Å². The maximum Gasteiger partial charge on any atom is 0.243 e. The van der Waals surface area contributed by atoms with Crippen LogP contribution < -0.4 is 9.64 Å². The number of nitrogens with zero attached hydrogens (tertiary/aromatic N) is 2. The zero-order valence-corrected chi connectivity index (χ0v) is 18.7. The molecule has 0 spiro atoms. The minimum absolute atomic E-state index is 0.0920. The number of aryl methyl sites for hydroxylation is 1. The SMILES string of the molecule is COc1cccc(N(C)C(=O)CN(Cc2ccccc2)S(=O)(=O)c2ccc(C)cc2)c1. The summed E-state index contributed by atoms with van der Waals surface area (Å²) in [7, 11) is -0.705. The molecule has 0 aliphatic rings. The number of benzene rings is 3. The van der Waals surface area contributed by atoms with E-state index in [-0.39, 0.29) is 23.9 Å². The highest BCUT2D eigenvalue weighted by Gasteiger charge is 2.28. The standard InChI is InChI=1S/C24H26N2O4S/c1-19-12-14-23(15-13-19)31(28,29)26(17-20-8-5-4-6-9-20)18-24(27)25(2)21-10-7-11-22(16-21)30-3/h4-16H,17-18H2,1-3H3. The van der Waals surface area contributed by atoms with E-state index in [0.29, 0.717) is 11.4 Å². The lowest BCUT2D eigenvalue weighted by molar-refractivity contribution is -0.118. The number of carbonyl (C=O) groups is 1. The van der Waals surface area contributed by atoms with Gasteiger partial charge in [-0.05, 0) is 36.8 Å². The van der Waals surface area contributed by atoms with Gasteiger partial charge in [0, 0.05) is 25.3 Å². The van der Waals surface area contributed by atoms with Gasteiger partial charge < -0.3 is 9.64 Å². The van der Waals surface area contributed by atoms with Crippen molar-refractivity contribution in [3.05, 3.63) is 90.0 Å². The van der Waals surface area contributed by atoms with Gasteiger partial charge in [0.1, 0.15) is 5.75 Å². The molecule has 0 fully saturated rings. The molecule has 0 radical (unpaired) electrons. The number of rotatable bonds is 8. The number of methoxy groups -OCH3 is 1. The number of hydrogen-bond acceptors (Lipinski definition) is 4. The molecule has 3 aromatic rings. The molecule has 6 nitrogen and oxygen atoms in total. The van der Waals surface area contributed by atoms with Crippen molar-refractivity contribution in [2.24, 2.45) is 0 Å². The van der Waals surface area contributed by atoms with E-state index in [1.54, 1.807) is 62.7 Å². The Morgan fingerprint density at radius 3 is 2.26 bits per heavy atom. The summed E-state index contributed by atoms with van der Waals surface area (Å²) in [6, 6.07) is 22.9. The predicted octanol–water partition coefficient (Wildman–Crippen LogP) is 3.86. The van der Waals surface area contributed by atoms with E-state index < -0.39 is 10.0 Å². The monoisotopic (exact) mass is 438 g/mol. The number of anilines is 1. The van der Waals surface area contributed by atoms with Gasteiger partial charge in [-0.3, -0.25) is 4.79 Å². The van der Waals surface area contributed by atoms with Crippen LogP contribution in [-0.4, -0.2) is 39.3 Å². The zero-order valence-electron chi connectivity index (χ0n) is 17.9. The van der Waals surface area contributed by atoms with E-state index in [2.05, 4.69) is 0 Å². The van der Waals surface area contributed by atoms with Crippen molar-refractivity contribution in [1.82, 2.24) is 4.31 Å². The van der Waals surface area contributed by atoms with Crippen molar-refractivity contribution in [3.63, 3.8) is 0 Å². The molecular weight excluding hydrogens is 412 g/mol. The molecule has 0 N–H and O–H groups in total. The van der Waals surface area contributed by atoms with Crippen LogP contribution in [0.15, 0.2) is 83.8 Å². The van der Waals surface area contributed by atoms with Crippen molar-refractivity contribution < 1.29 is 17.9 Å². The molecule has 0 unspecified atom stereocenters. The van der Waals surface area contributed by atoms with E-state index in [1.807, 2.05) is 37.3 Å². The molecule has 1 amide bonds. The van der Waals surface area contributed by atoms with Gasteiger partial charge >= 0.3 is 0 Å². The maximum absolute atomic E-state index is 13.4. The van der Waals surface area contributed by atoms with Crippen LogP contribution in [0.25, 0.3) is 0 Å². The molecule has 0 heterocycles. The van der Waals surface area contributed by atoms with Crippen LogP contribution in [-0.2, 0) is 21.4 Å². The molecule has 0 saturated carbocycles. The molecule has 0 aliphatic carbocycles. The van der Waals surface area contributed by atoms with Gasteiger partial charge in [0.05, 0.1) is 18.6 Å². The lowest BCUT2D eigenvalue weighted by Crippen LogP contribution is -2.41. The summed E-state index contributed by atoms with van der Waals surface area (Å²) in [4.78, 5) is 14.6. The lowest BCUT2D eigenvalue weighted by Gasteiger charge is -2.25. The summed E-state index contributed by atoms with van der Waals surface area (Å²) < 4.78 is 33.2. The second kappa shape index (κ2) is 9.76. The lowest BCUT2D eigenvalue weighted by atomic mass is 10.2. The topological polar surface area (TPSA) is 66.9 Å². The third-order valence-corrected chi connectivity index (χ3v) is 6.79. The summed E-state index contributed by atoms with van der Waals surface area (Å²) in [6.45, 7) is 1.69. The Morgan fingerprint density at radius 2 is 1.61 bits per heavy atom. The summed E-state index contributed by atoms with van der Waals surface area (Å²) >= 11 is 0. The molecule has 7 heteroatoms.